The third kappa shape index (κ3) is 6.05. The molecule has 1 saturated heterocycles. The van der Waals surface area contributed by atoms with Gasteiger partial charge in [-0.1, -0.05) is 26.0 Å². The van der Waals surface area contributed by atoms with E-state index in [0.717, 1.165) is 55.8 Å². The first-order valence-corrected chi connectivity index (χ1v) is 11.4. The maximum absolute atomic E-state index is 5.48. The lowest BCUT2D eigenvalue weighted by atomic mass is 9.84. The van der Waals surface area contributed by atoms with Gasteiger partial charge in [0.15, 0.2) is 17.5 Å². The highest BCUT2D eigenvalue weighted by molar-refractivity contribution is 5.80. The number of methoxy groups -OCH3 is 2. The van der Waals surface area contributed by atoms with Gasteiger partial charge >= 0.3 is 0 Å². The summed E-state index contributed by atoms with van der Waals surface area (Å²) in [7, 11) is 3.32. The molecule has 0 saturated carbocycles. The Hall–Kier alpha value is -2.96. The molecule has 0 aliphatic carbocycles. The Morgan fingerprint density at radius 3 is 2.50 bits per heavy atom. The molecule has 0 amide bonds. The van der Waals surface area contributed by atoms with E-state index in [4.69, 9.17) is 14.5 Å². The third-order valence-corrected chi connectivity index (χ3v) is 5.95. The number of nitrogens with zero attached hydrogens (tertiary/aromatic N) is 3. The highest BCUT2D eigenvalue weighted by Gasteiger charge is 2.24. The van der Waals surface area contributed by atoms with Crippen LogP contribution < -0.4 is 25.0 Å². The molecule has 7 nitrogen and oxygen atoms in total. The van der Waals surface area contributed by atoms with Crippen LogP contribution in [-0.4, -0.2) is 57.4 Å². The summed E-state index contributed by atoms with van der Waals surface area (Å²) in [5, 5.41) is 7.05. The highest BCUT2D eigenvalue weighted by atomic mass is 16.5. The van der Waals surface area contributed by atoms with Crippen LogP contribution in [0.15, 0.2) is 47.6 Å². The molecule has 0 bridgehead atoms. The lowest BCUT2D eigenvalue weighted by molar-refractivity contribution is 0.353. The second-order valence-corrected chi connectivity index (χ2v) is 8.74. The van der Waals surface area contributed by atoms with E-state index in [9.17, 15) is 0 Å². The predicted molar refractivity (Wildman–Crippen MR) is 131 cm³/mol. The number of benzene rings is 1. The van der Waals surface area contributed by atoms with Crippen molar-refractivity contribution in [2.75, 3.05) is 45.3 Å². The Bertz CT molecular complexity index is 877. The number of hydrogen-bond acceptors (Lipinski definition) is 5. The molecule has 0 spiro atoms. The van der Waals surface area contributed by atoms with E-state index in [1.807, 2.05) is 30.5 Å². The molecule has 0 atom stereocenters. The average molecular weight is 440 g/mol. The highest BCUT2D eigenvalue weighted by Crippen LogP contribution is 2.33. The minimum Gasteiger partial charge on any atom is -0.493 e. The van der Waals surface area contributed by atoms with Crippen molar-refractivity contribution in [3.05, 3.63) is 48.2 Å². The quantitative estimate of drug-likeness (QED) is 0.484. The van der Waals surface area contributed by atoms with Gasteiger partial charge in [-0.15, -0.1) is 0 Å². The minimum atomic E-state index is -0.149. The summed E-state index contributed by atoms with van der Waals surface area (Å²) < 4.78 is 10.9. The van der Waals surface area contributed by atoms with Crippen LogP contribution in [0, 0.1) is 0 Å². The first kappa shape index (κ1) is 23.7. The zero-order chi connectivity index (χ0) is 23.0. The van der Waals surface area contributed by atoms with E-state index in [-0.39, 0.29) is 5.41 Å². The maximum Gasteiger partial charge on any atom is 0.191 e. The van der Waals surface area contributed by atoms with Crippen molar-refractivity contribution >= 4 is 11.8 Å². The Morgan fingerprint density at radius 2 is 1.88 bits per heavy atom. The van der Waals surface area contributed by atoms with Crippen LogP contribution in [0.5, 0.6) is 11.5 Å². The van der Waals surface area contributed by atoms with Gasteiger partial charge in [-0.25, -0.2) is 4.98 Å². The van der Waals surface area contributed by atoms with Gasteiger partial charge in [0.1, 0.15) is 5.82 Å². The fourth-order valence-electron chi connectivity index (χ4n) is 3.93. The van der Waals surface area contributed by atoms with Crippen molar-refractivity contribution in [3.8, 4) is 11.5 Å². The van der Waals surface area contributed by atoms with E-state index >= 15 is 0 Å². The summed E-state index contributed by atoms with van der Waals surface area (Å²) in [6, 6.07) is 12.6. The number of rotatable bonds is 8. The summed E-state index contributed by atoms with van der Waals surface area (Å²) in [6.45, 7) is 9.97. The summed E-state index contributed by atoms with van der Waals surface area (Å²) >= 11 is 0. The fraction of sp³-hybridized carbons (Fsp3) is 0.520. The molecule has 0 radical (unpaired) electrons. The smallest absolute Gasteiger partial charge is 0.191 e. The van der Waals surface area contributed by atoms with Gasteiger partial charge in [0.25, 0.3) is 0 Å². The minimum absolute atomic E-state index is 0.149. The second kappa shape index (κ2) is 11.1. The second-order valence-electron chi connectivity index (χ2n) is 8.74. The van der Waals surface area contributed by atoms with E-state index in [1.165, 1.54) is 5.56 Å². The number of anilines is 1. The van der Waals surface area contributed by atoms with E-state index in [0.29, 0.717) is 12.6 Å². The number of hydrogen-bond donors (Lipinski definition) is 2. The summed E-state index contributed by atoms with van der Waals surface area (Å²) in [6.07, 6.45) is 3.97. The standard InChI is InChI=1S/C25H37N5O2/c1-6-26-24(29-20-12-15-30(16-13-20)23-9-7-8-14-27-23)28-18-25(2,3)19-10-11-21(31-4)22(17-19)32-5/h7-11,14,17,20H,6,12-13,15-16,18H2,1-5H3,(H2,26,28,29). The number of guanidine groups is 1. The van der Waals surface area contributed by atoms with Crippen molar-refractivity contribution < 1.29 is 9.47 Å². The lowest BCUT2D eigenvalue weighted by Crippen LogP contribution is -2.49. The van der Waals surface area contributed by atoms with Crippen LogP contribution in [0.1, 0.15) is 39.2 Å². The number of ether oxygens (including phenoxy) is 2. The molecule has 174 valence electrons. The maximum atomic E-state index is 5.48. The first-order valence-electron chi connectivity index (χ1n) is 11.4. The van der Waals surface area contributed by atoms with Crippen LogP contribution in [0.4, 0.5) is 5.82 Å². The molecule has 1 fully saturated rings. The van der Waals surface area contributed by atoms with Crippen LogP contribution in [0.3, 0.4) is 0 Å². The van der Waals surface area contributed by atoms with Crippen LogP contribution in [0.2, 0.25) is 0 Å². The molecule has 2 heterocycles. The zero-order valence-electron chi connectivity index (χ0n) is 20.0. The number of piperidine rings is 1. The van der Waals surface area contributed by atoms with Gasteiger partial charge in [0.05, 0.1) is 20.8 Å². The Labute approximate surface area is 192 Å². The summed E-state index contributed by atoms with van der Waals surface area (Å²) in [5.74, 6) is 3.41. The molecule has 3 rings (SSSR count). The van der Waals surface area contributed by atoms with Crippen molar-refractivity contribution in [3.63, 3.8) is 0 Å². The van der Waals surface area contributed by atoms with Gasteiger partial charge in [-0.05, 0) is 49.6 Å². The van der Waals surface area contributed by atoms with Gasteiger partial charge in [0.2, 0.25) is 0 Å². The Kier molecular flexibility index (Phi) is 8.20. The molecular formula is C25H37N5O2. The van der Waals surface area contributed by atoms with Crippen molar-refractivity contribution in [2.45, 2.75) is 45.1 Å². The monoisotopic (exact) mass is 439 g/mol. The van der Waals surface area contributed by atoms with E-state index < -0.39 is 0 Å². The average Bonchev–Trinajstić information content (AvgIpc) is 2.83. The summed E-state index contributed by atoms with van der Waals surface area (Å²) in [4.78, 5) is 11.8. The number of aliphatic imine (C=N–C) groups is 1. The van der Waals surface area contributed by atoms with Crippen molar-refractivity contribution in [2.24, 2.45) is 4.99 Å². The fourth-order valence-corrected chi connectivity index (χ4v) is 3.93. The van der Waals surface area contributed by atoms with Gasteiger partial charge in [0, 0.05) is 37.3 Å². The Morgan fingerprint density at radius 1 is 1.12 bits per heavy atom. The third-order valence-electron chi connectivity index (χ3n) is 5.95. The van der Waals surface area contributed by atoms with E-state index in [2.05, 4.69) is 53.4 Å². The molecule has 1 aliphatic heterocycles. The molecule has 2 aromatic rings. The molecule has 1 aromatic heterocycles. The molecule has 7 heteroatoms. The molecule has 1 aliphatic rings. The lowest BCUT2D eigenvalue weighted by Gasteiger charge is -2.34. The van der Waals surface area contributed by atoms with Crippen LogP contribution in [0.25, 0.3) is 0 Å². The number of nitrogens with one attached hydrogen (secondary N) is 2. The molecule has 1 aromatic carbocycles. The first-order chi connectivity index (χ1) is 15.5. The molecular weight excluding hydrogens is 402 g/mol. The van der Waals surface area contributed by atoms with Gasteiger partial charge in [-0.2, -0.15) is 0 Å². The Balaban J connectivity index is 1.62. The molecule has 0 unspecified atom stereocenters. The van der Waals surface area contributed by atoms with Crippen molar-refractivity contribution in [1.82, 2.24) is 15.6 Å². The van der Waals surface area contributed by atoms with Crippen LogP contribution in [-0.2, 0) is 5.41 Å². The number of aromatic nitrogens is 1. The molecule has 2 N–H and O–H groups in total. The normalized spacial score (nSPS) is 15.4. The zero-order valence-corrected chi connectivity index (χ0v) is 20.0. The number of pyridine rings is 1. The summed E-state index contributed by atoms with van der Waals surface area (Å²) in [5.41, 5.74) is 1.02. The molecule has 32 heavy (non-hydrogen) atoms. The topological polar surface area (TPSA) is 71.0 Å². The van der Waals surface area contributed by atoms with Crippen LogP contribution >= 0.6 is 0 Å². The van der Waals surface area contributed by atoms with Gasteiger partial charge < -0.3 is 25.0 Å². The van der Waals surface area contributed by atoms with E-state index in [1.54, 1.807) is 14.2 Å². The SMILES string of the molecule is CCNC(=NCC(C)(C)c1ccc(OC)c(OC)c1)NC1CCN(c2ccccn2)CC1. The van der Waals surface area contributed by atoms with Gasteiger partial charge in [-0.3, -0.25) is 4.99 Å². The predicted octanol–water partition coefficient (Wildman–Crippen LogP) is 3.60. The largest absolute Gasteiger partial charge is 0.493 e. The van der Waals surface area contributed by atoms with Crippen molar-refractivity contribution in [1.29, 1.82) is 0 Å².